The first-order chi connectivity index (χ1) is 7.63. The second-order valence-electron chi connectivity index (χ2n) is 4.02. The van der Waals surface area contributed by atoms with Crippen LogP contribution in [0.5, 0.6) is 0 Å². The fraction of sp³-hybridized carbons (Fsp3) is 0.364. The van der Waals surface area contributed by atoms with Crippen molar-refractivity contribution in [1.29, 1.82) is 0 Å². The summed E-state index contributed by atoms with van der Waals surface area (Å²) in [5, 5.41) is 14.5. The van der Waals surface area contributed by atoms with Gasteiger partial charge in [0.1, 0.15) is 0 Å². The number of carbonyl (C=O) groups is 1. The standard InChI is InChI=1S/C11H13BrN2O2/c12-8-1-3-9(4-2-8)13-10(16)14-11(7-15)5-6-11/h1-4,15H,5-7H2,(H2,13,14,16). The first-order valence-corrected chi connectivity index (χ1v) is 5.88. The number of hydrogen-bond donors (Lipinski definition) is 3. The third kappa shape index (κ3) is 2.74. The molecular formula is C11H13BrN2O2. The summed E-state index contributed by atoms with van der Waals surface area (Å²) in [6, 6.07) is 7.06. The lowest BCUT2D eigenvalue weighted by Crippen LogP contribution is -2.42. The van der Waals surface area contributed by atoms with E-state index in [1.807, 2.05) is 24.3 Å². The van der Waals surface area contributed by atoms with Gasteiger partial charge in [0.2, 0.25) is 0 Å². The topological polar surface area (TPSA) is 61.4 Å². The fourth-order valence-electron chi connectivity index (χ4n) is 1.41. The van der Waals surface area contributed by atoms with Gasteiger partial charge >= 0.3 is 6.03 Å². The number of halogens is 1. The van der Waals surface area contributed by atoms with Gasteiger partial charge in [-0.15, -0.1) is 0 Å². The van der Waals surface area contributed by atoms with E-state index in [2.05, 4.69) is 26.6 Å². The van der Waals surface area contributed by atoms with Crippen molar-refractivity contribution >= 4 is 27.6 Å². The maximum absolute atomic E-state index is 11.6. The lowest BCUT2D eigenvalue weighted by Gasteiger charge is -2.14. The maximum Gasteiger partial charge on any atom is 0.319 e. The Labute approximate surface area is 102 Å². The lowest BCUT2D eigenvalue weighted by molar-refractivity contribution is 0.217. The number of hydrogen-bond acceptors (Lipinski definition) is 2. The molecule has 1 aromatic rings. The molecule has 0 atom stereocenters. The molecule has 16 heavy (non-hydrogen) atoms. The number of amides is 2. The number of nitrogens with one attached hydrogen (secondary N) is 2. The van der Waals surface area contributed by atoms with Gasteiger partial charge in [-0.05, 0) is 37.1 Å². The summed E-state index contributed by atoms with van der Waals surface area (Å²) in [5.41, 5.74) is 0.355. The molecule has 0 aromatic heterocycles. The Morgan fingerprint density at radius 2 is 2.00 bits per heavy atom. The minimum absolute atomic E-state index is 0.000752. The molecule has 1 aliphatic carbocycles. The van der Waals surface area contributed by atoms with Crippen molar-refractivity contribution in [3.05, 3.63) is 28.7 Å². The number of rotatable bonds is 3. The maximum atomic E-state index is 11.6. The van der Waals surface area contributed by atoms with Gasteiger partial charge in [0, 0.05) is 10.2 Å². The Morgan fingerprint density at radius 3 is 2.50 bits per heavy atom. The summed E-state index contributed by atoms with van der Waals surface area (Å²) in [6.07, 6.45) is 1.69. The van der Waals surface area contributed by atoms with E-state index < -0.39 is 0 Å². The van der Waals surface area contributed by atoms with E-state index in [4.69, 9.17) is 5.11 Å². The molecule has 0 bridgehead atoms. The van der Waals surface area contributed by atoms with E-state index in [9.17, 15) is 4.79 Å². The van der Waals surface area contributed by atoms with E-state index in [1.54, 1.807) is 0 Å². The van der Waals surface area contributed by atoms with Crippen LogP contribution in [0.15, 0.2) is 28.7 Å². The number of carbonyl (C=O) groups excluding carboxylic acids is 1. The smallest absolute Gasteiger partial charge is 0.319 e. The fourth-order valence-corrected chi connectivity index (χ4v) is 1.67. The molecule has 86 valence electrons. The number of benzene rings is 1. The van der Waals surface area contributed by atoms with Crippen molar-refractivity contribution in [2.75, 3.05) is 11.9 Å². The van der Waals surface area contributed by atoms with Crippen LogP contribution in [-0.2, 0) is 0 Å². The lowest BCUT2D eigenvalue weighted by atomic mass is 10.3. The van der Waals surface area contributed by atoms with Crippen LogP contribution in [0.25, 0.3) is 0 Å². The van der Waals surface area contributed by atoms with E-state index >= 15 is 0 Å². The summed E-state index contributed by atoms with van der Waals surface area (Å²) in [5.74, 6) is 0. The highest BCUT2D eigenvalue weighted by atomic mass is 79.9. The van der Waals surface area contributed by atoms with Crippen LogP contribution in [0.4, 0.5) is 10.5 Å². The molecule has 0 radical (unpaired) electrons. The van der Waals surface area contributed by atoms with Crippen molar-refractivity contribution in [3.8, 4) is 0 Å². The van der Waals surface area contributed by atoms with Crippen molar-refractivity contribution in [2.24, 2.45) is 0 Å². The minimum atomic E-state index is -0.376. The van der Waals surface area contributed by atoms with Gasteiger partial charge in [-0.1, -0.05) is 15.9 Å². The van der Waals surface area contributed by atoms with Crippen LogP contribution in [-0.4, -0.2) is 23.3 Å². The largest absolute Gasteiger partial charge is 0.394 e. The Hall–Kier alpha value is -1.07. The zero-order valence-corrected chi connectivity index (χ0v) is 10.3. The molecule has 0 heterocycles. The number of anilines is 1. The summed E-state index contributed by atoms with van der Waals surface area (Å²) < 4.78 is 0.965. The summed E-state index contributed by atoms with van der Waals surface area (Å²) in [4.78, 5) is 11.6. The molecule has 1 fully saturated rings. The third-order valence-electron chi connectivity index (χ3n) is 2.64. The molecular weight excluding hydrogens is 272 g/mol. The second kappa shape index (κ2) is 4.43. The molecule has 2 amide bonds. The van der Waals surface area contributed by atoms with Crippen LogP contribution < -0.4 is 10.6 Å². The van der Waals surface area contributed by atoms with Crippen molar-refractivity contribution in [2.45, 2.75) is 18.4 Å². The SMILES string of the molecule is O=C(Nc1ccc(Br)cc1)NC1(CO)CC1. The molecule has 0 unspecified atom stereocenters. The van der Waals surface area contributed by atoms with Crippen molar-refractivity contribution in [3.63, 3.8) is 0 Å². The normalized spacial score (nSPS) is 16.6. The molecule has 0 saturated heterocycles. The second-order valence-corrected chi connectivity index (χ2v) is 4.94. The van der Waals surface area contributed by atoms with Crippen LogP contribution in [0, 0.1) is 0 Å². The van der Waals surface area contributed by atoms with Gasteiger partial charge in [-0.25, -0.2) is 4.79 Å². The minimum Gasteiger partial charge on any atom is -0.394 e. The Balaban J connectivity index is 1.90. The number of urea groups is 1. The number of aliphatic hydroxyl groups is 1. The quantitative estimate of drug-likeness (QED) is 0.796. The summed E-state index contributed by atoms with van der Waals surface area (Å²) in [7, 11) is 0. The molecule has 5 heteroatoms. The average molecular weight is 285 g/mol. The van der Waals surface area contributed by atoms with Gasteiger partial charge in [0.15, 0.2) is 0 Å². The molecule has 0 aliphatic heterocycles. The molecule has 1 aromatic carbocycles. The van der Waals surface area contributed by atoms with Crippen LogP contribution in [0.3, 0.4) is 0 Å². The molecule has 1 saturated carbocycles. The van der Waals surface area contributed by atoms with E-state index in [0.29, 0.717) is 0 Å². The average Bonchev–Trinajstić information content (AvgIpc) is 3.02. The predicted molar refractivity (Wildman–Crippen MR) is 65.3 cm³/mol. The first kappa shape index (κ1) is 11.4. The third-order valence-corrected chi connectivity index (χ3v) is 3.17. The zero-order valence-electron chi connectivity index (χ0n) is 8.66. The van der Waals surface area contributed by atoms with Gasteiger partial charge < -0.3 is 15.7 Å². The van der Waals surface area contributed by atoms with Crippen molar-refractivity contribution < 1.29 is 9.90 Å². The van der Waals surface area contributed by atoms with Gasteiger partial charge in [0.05, 0.1) is 12.1 Å². The Morgan fingerprint density at radius 1 is 1.38 bits per heavy atom. The monoisotopic (exact) mass is 284 g/mol. The van der Waals surface area contributed by atoms with E-state index in [1.165, 1.54) is 0 Å². The van der Waals surface area contributed by atoms with Crippen molar-refractivity contribution in [1.82, 2.24) is 5.32 Å². The Bertz CT molecular complexity index is 387. The van der Waals surface area contributed by atoms with Crippen LogP contribution in [0.2, 0.25) is 0 Å². The predicted octanol–water partition coefficient (Wildman–Crippen LogP) is 2.10. The molecule has 2 rings (SSSR count). The van der Waals surface area contributed by atoms with Gasteiger partial charge in [-0.2, -0.15) is 0 Å². The molecule has 3 N–H and O–H groups in total. The highest BCUT2D eigenvalue weighted by Crippen LogP contribution is 2.34. The van der Waals surface area contributed by atoms with E-state index in [0.717, 1.165) is 23.0 Å². The van der Waals surface area contributed by atoms with Gasteiger partial charge in [0.25, 0.3) is 0 Å². The number of aliphatic hydroxyl groups excluding tert-OH is 1. The highest BCUT2D eigenvalue weighted by Gasteiger charge is 2.43. The molecule has 1 aliphatic rings. The van der Waals surface area contributed by atoms with E-state index in [-0.39, 0.29) is 18.2 Å². The van der Waals surface area contributed by atoms with Gasteiger partial charge in [-0.3, -0.25) is 0 Å². The van der Waals surface area contributed by atoms with Crippen LogP contribution in [0.1, 0.15) is 12.8 Å². The summed E-state index contributed by atoms with van der Waals surface area (Å²) >= 11 is 3.32. The molecule has 0 spiro atoms. The zero-order chi connectivity index (χ0) is 11.6. The Kier molecular flexibility index (Phi) is 3.16. The summed E-state index contributed by atoms with van der Waals surface area (Å²) in [6.45, 7) is 0.000752. The highest BCUT2D eigenvalue weighted by molar-refractivity contribution is 9.10. The van der Waals surface area contributed by atoms with Crippen LogP contribution >= 0.6 is 15.9 Å². The molecule has 4 nitrogen and oxygen atoms in total. The first-order valence-electron chi connectivity index (χ1n) is 5.09.